The summed E-state index contributed by atoms with van der Waals surface area (Å²) in [6, 6.07) is 9.43. The zero-order valence-corrected chi connectivity index (χ0v) is 13.6. The number of hydrogen-bond acceptors (Lipinski definition) is 6. The SMILES string of the molecule is O=c1[nH]c(CN(Cc2ccco2)Cc2ccco2)nc2ccsc12. The minimum Gasteiger partial charge on any atom is -0.468 e. The van der Waals surface area contributed by atoms with Gasteiger partial charge in [0.05, 0.1) is 37.7 Å². The molecular formula is C17H15N3O3S. The number of hydrogen-bond donors (Lipinski definition) is 1. The maximum absolute atomic E-state index is 12.1. The Morgan fingerprint density at radius 3 is 2.38 bits per heavy atom. The van der Waals surface area contributed by atoms with Crippen molar-refractivity contribution in [1.82, 2.24) is 14.9 Å². The van der Waals surface area contributed by atoms with Crippen molar-refractivity contribution < 1.29 is 8.83 Å². The molecule has 0 bridgehead atoms. The van der Waals surface area contributed by atoms with Gasteiger partial charge >= 0.3 is 0 Å². The molecule has 6 nitrogen and oxygen atoms in total. The second-order valence-corrected chi connectivity index (χ2v) is 6.37. The summed E-state index contributed by atoms with van der Waals surface area (Å²) in [7, 11) is 0. The quantitative estimate of drug-likeness (QED) is 0.582. The minimum absolute atomic E-state index is 0.0963. The normalized spacial score (nSPS) is 11.5. The molecule has 0 spiro atoms. The van der Waals surface area contributed by atoms with E-state index in [9.17, 15) is 4.79 Å². The fraction of sp³-hybridized carbons (Fsp3) is 0.176. The molecule has 0 aromatic carbocycles. The number of nitrogens with zero attached hydrogens (tertiary/aromatic N) is 2. The zero-order valence-electron chi connectivity index (χ0n) is 12.8. The average molecular weight is 341 g/mol. The largest absolute Gasteiger partial charge is 0.468 e. The molecule has 24 heavy (non-hydrogen) atoms. The molecule has 0 fully saturated rings. The van der Waals surface area contributed by atoms with E-state index < -0.39 is 0 Å². The Labute approximate surface area is 141 Å². The second-order valence-electron chi connectivity index (χ2n) is 5.45. The summed E-state index contributed by atoms with van der Waals surface area (Å²) in [5.41, 5.74) is 0.635. The topological polar surface area (TPSA) is 75.3 Å². The van der Waals surface area contributed by atoms with Gasteiger partial charge in [0, 0.05) is 0 Å². The van der Waals surface area contributed by atoms with Gasteiger partial charge in [-0.15, -0.1) is 11.3 Å². The van der Waals surface area contributed by atoms with Crippen LogP contribution >= 0.6 is 11.3 Å². The molecule has 4 aromatic rings. The summed E-state index contributed by atoms with van der Waals surface area (Å²) >= 11 is 1.40. The summed E-state index contributed by atoms with van der Waals surface area (Å²) < 4.78 is 11.5. The van der Waals surface area contributed by atoms with E-state index in [0.717, 1.165) is 17.0 Å². The first kappa shape index (κ1) is 14.9. The third kappa shape index (κ3) is 3.17. The molecule has 0 aliphatic carbocycles. The van der Waals surface area contributed by atoms with Crippen LogP contribution in [0.5, 0.6) is 0 Å². The lowest BCUT2D eigenvalue weighted by atomic mass is 10.3. The number of aromatic amines is 1. The number of H-pyrrole nitrogens is 1. The molecule has 122 valence electrons. The van der Waals surface area contributed by atoms with Crippen LogP contribution < -0.4 is 5.56 Å². The van der Waals surface area contributed by atoms with Gasteiger partial charge in [-0.1, -0.05) is 0 Å². The molecule has 0 atom stereocenters. The van der Waals surface area contributed by atoms with Crippen molar-refractivity contribution >= 4 is 21.6 Å². The van der Waals surface area contributed by atoms with Crippen LogP contribution in [-0.2, 0) is 19.6 Å². The first-order chi connectivity index (χ1) is 11.8. The maximum Gasteiger partial charge on any atom is 0.268 e. The van der Waals surface area contributed by atoms with E-state index in [-0.39, 0.29) is 5.56 Å². The Bertz CT molecular complexity index is 934. The van der Waals surface area contributed by atoms with Gasteiger partial charge < -0.3 is 13.8 Å². The van der Waals surface area contributed by atoms with Crippen LogP contribution in [-0.4, -0.2) is 14.9 Å². The summed E-state index contributed by atoms with van der Waals surface area (Å²) in [6.45, 7) is 1.68. The van der Waals surface area contributed by atoms with E-state index >= 15 is 0 Å². The molecule has 4 aromatic heterocycles. The summed E-state index contributed by atoms with van der Waals surface area (Å²) in [5.74, 6) is 2.32. The summed E-state index contributed by atoms with van der Waals surface area (Å²) in [6.07, 6.45) is 3.30. The van der Waals surface area contributed by atoms with E-state index in [1.54, 1.807) is 12.5 Å². The predicted molar refractivity (Wildman–Crippen MR) is 90.6 cm³/mol. The molecule has 0 aliphatic rings. The van der Waals surface area contributed by atoms with Gasteiger partial charge in [-0.05, 0) is 35.7 Å². The Morgan fingerprint density at radius 2 is 1.75 bits per heavy atom. The van der Waals surface area contributed by atoms with Crippen molar-refractivity contribution in [2.75, 3.05) is 0 Å². The van der Waals surface area contributed by atoms with Crippen molar-refractivity contribution in [1.29, 1.82) is 0 Å². The molecule has 7 heteroatoms. The fourth-order valence-electron chi connectivity index (χ4n) is 2.62. The van der Waals surface area contributed by atoms with Crippen molar-refractivity contribution in [3.05, 3.63) is 75.9 Å². The highest BCUT2D eigenvalue weighted by Crippen LogP contribution is 2.16. The van der Waals surface area contributed by atoms with Crippen molar-refractivity contribution in [3.8, 4) is 0 Å². The summed E-state index contributed by atoms with van der Waals surface area (Å²) in [5, 5.41) is 1.88. The minimum atomic E-state index is -0.0963. The van der Waals surface area contributed by atoms with Crippen LogP contribution in [0, 0.1) is 0 Å². The first-order valence-corrected chi connectivity index (χ1v) is 8.39. The highest BCUT2D eigenvalue weighted by atomic mass is 32.1. The lowest BCUT2D eigenvalue weighted by Crippen LogP contribution is -2.24. The molecule has 0 aliphatic heterocycles. The zero-order chi connectivity index (χ0) is 16.4. The third-order valence-corrected chi connectivity index (χ3v) is 4.56. The standard InChI is InChI=1S/C17H15N3O3S/c21-17-16-14(5-8-24-16)18-15(19-17)11-20(9-12-3-1-6-22-12)10-13-4-2-7-23-13/h1-8H,9-11H2,(H,18,19,21). The van der Waals surface area contributed by atoms with E-state index in [1.165, 1.54) is 11.3 Å². The monoisotopic (exact) mass is 341 g/mol. The lowest BCUT2D eigenvalue weighted by Gasteiger charge is -2.19. The van der Waals surface area contributed by atoms with Gasteiger partial charge in [0.1, 0.15) is 22.0 Å². The van der Waals surface area contributed by atoms with Gasteiger partial charge in [-0.3, -0.25) is 9.69 Å². The second kappa shape index (κ2) is 6.46. The number of furan rings is 2. The van der Waals surface area contributed by atoms with Crippen LogP contribution in [0.2, 0.25) is 0 Å². The Morgan fingerprint density at radius 1 is 1.04 bits per heavy atom. The van der Waals surface area contributed by atoms with Crippen LogP contribution in [0.25, 0.3) is 10.2 Å². The number of fused-ring (bicyclic) bond motifs is 1. The van der Waals surface area contributed by atoms with E-state index in [2.05, 4.69) is 14.9 Å². The number of nitrogens with one attached hydrogen (secondary N) is 1. The van der Waals surface area contributed by atoms with Gasteiger partial charge in [-0.25, -0.2) is 4.98 Å². The Kier molecular flexibility index (Phi) is 4.02. The van der Waals surface area contributed by atoms with Crippen LogP contribution in [0.15, 0.2) is 61.9 Å². The number of aromatic nitrogens is 2. The van der Waals surface area contributed by atoms with Crippen LogP contribution in [0.3, 0.4) is 0 Å². The predicted octanol–water partition coefficient (Wildman–Crippen LogP) is 3.37. The van der Waals surface area contributed by atoms with Crippen molar-refractivity contribution in [2.45, 2.75) is 19.6 Å². The van der Waals surface area contributed by atoms with Crippen LogP contribution in [0.1, 0.15) is 17.3 Å². The molecule has 0 saturated heterocycles. The number of thiophene rings is 1. The highest BCUT2D eigenvalue weighted by Gasteiger charge is 2.14. The smallest absolute Gasteiger partial charge is 0.268 e. The molecule has 0 unspecified atom stereocenters. The van der Waals surface area contributed by atoms with Crippen molar-refractivity contribution in [2.24, 2.45) is 0 Å². The van der Waals surface area contributed by atoms with E-state index in [1.807, 2.05) is 35.7 Å². The average Bonchev–Trinajstić information content (AvgIpc) is 3.28. The van der Waals surface area contributed by atoms with E-state index in [4.69, 9.17) is 8.83 Å². The van der Waals surface area contributed by atoms with Gasteiger partial charge in [0.2, 0.25) is 0 Å². The lowest BCUT2D eigenvalue weighted by molar-refractivity contribution is 0.205. The highest BCUT2D eigenvalue weighted by molar-refractivity contribution is 7.17. The molecule has 0 saturated carbocycles. The number of rotatable bonds is 6. The van der Waals surface area contributed by atoms with Gasteiger partial charge in [-0.2, -0.15) is 0 Å². The fourth-order valence-corrected chi connectivity index (χ4v) is 3.35. The molecule has 1 N–H and O–H groups in total. The maximum atomic E-state index is 12.1. The molecule has 4 heterocycles. The van der Waals surface area contributed by atoms with Crippen LogP contribution in [0.4, 0.5) is 0 Å². The molecular weight excluding hydrogens is 326 g/mol. The van der Waals surface area contributed by atoms with Gasteiger partial charge in [0.25, 0.3) is 5.56 Å². The first-order valence-electron chi connectivity index (χ1n) is 7.51. The molecule has 0 radical (unpaired) electrons. The van der Waals surface area contributed by atoms with Crippen molar-refractivity contribution in [3.63, 3.8) is 0 Å². The third-order valence-electron chi connectivity index (χ3n) is 3.66. The Balaban J connectivity index is 1.60. The summed E-state index contributed by atoms with van der Waals surface area (Å²) in [4.78, 5) is 21.7. The molecule has 0 amide bonds. The van der Waals surface area contributed by atoms with E-state index in [0.29, 0.717) is 30.2 Å². The molecule has 4 rings (SSSR count). The van der Waals surface area contributed by atoms with Gasteiger partial charge in [0.15, 0.2) is 0 Å². The Hall–Kier alpha value is -2.64.